The number of aromatic nitrogens is 2. The fourth-order valence-corrected chi connectivity index (χ4v) is 0.912. The van der Waals surface area contributed by atoms with E-state index in [0.717, 1.165) is 11.4 Å². The van der Waals surface area contributed by atoms with Crippen LogP contribution in [0.2, 0.25) is 0 Å². The van der Waals surface area contributed by atoms with Crippen molar-refractivity contribution >= 4 is 12.4 Å². The molecule has 0 saturated heterocycles. The largest absolute Gasteiger partial charge is 0.294 e. The second-order valence-corrected chi connectivity index (χ2v) is 2.23. The Balaban J connectivity index is 3.11. The lowest BCUT2D eigenvalue weighted by Crippen LogP contribution is -1.94. The summed E-state index contributed by atoms with van der Waals surface area (Å²) < 4.78 is 1.70. The van der Waals surface area contributed by atoms with Gasteiger partial charge in [0, 0.05) is 19.5 Å². The average molecular weight is 149 g/mol. The minimum Gasteiger partial charge on any atom is -0.294 e. The van der Waals surface area contributed by atoms with Crippen LogP contribution in [0.4, 0.5) is 0 Å². The zero-order valence-electron chi connectivity index (χ0n) is 6.78. The summed E-state index contributed by atoms with van der Waals surface area (Å²) in [4.78, 5) is 3.89. The molecule has 0 aliphatic rings. The molecular formula is C8H11N3. The third kappa shape index (κ3) is 1.55. The minimum absolute atomic E-state index is 0.958. The maximum atomic E-state index is 4.16. The zero-order valence-corrected chi connectivity index (χ0v) is 6.78. The van der Waals surface area contributed by atoms with Crippen molar-refractivity contribution in [3.63, 3.8) is 0 Å². The molecule has 0 saturated carbocycles. The Morgan fingerprint density at radius 3 is 3.00 bits per heavy atom. The Kier molecular flexibility index (Phi) is 2.21. The van der Waals surface area contributed by atoms with E-state index in [9.17, 15) is 0 Å². The Hall–Kier alpha value is -1.38. The molecule has 0 fully saturated rings. The Labute approximate surface area is 66.1 Å². The summed E-state index contributed by atoms with van der Waals surface area (Å²) in [5.74, 6) is 0. The van der Waals surface area contributed by atoms with Gasteiger partial charge in [-0.3, -0.25) is 4.99 Å². The molecule has 0 N–H and O–H groups in total. The summed E-state index contributed by atoms with van der Waals surface area (Å²) >= 11 is 0. The molecule has 1 heterocycles. The summed E-state index contributed by atoms with van der Waals surface area (Å²) in [6.45, 7) is 5.56. The summed E-state index contributed by atoms with van der Waals surface area (Å²) in [5, 5.41) is 4.16. The van der Waals surface area contributed by atoms with Gasteiger partial charge >= 0.3 is 0 Å². The first-order valence-corrected chi connectivity index (χ1v) is 3.39. The van der Waals surface area contributed by atoms with E-state index in [1.807, 2.05) is 13.0 Å². The number of hydrogen-bond acceptors (Lipinski definition) is 2. The highest BCUT2D eigenvalue weighted by molar-refractivity contribution is 5.78. The van der Waals surface area contributed by atoms with Gasteiger partial charge in [-0.25, -0.2) is 4.68 Å². The first-order chi connectivity index (χ1) is 5.27. The molecule has 11 heavy (non-hydrogen) atoms. The standard InChI is InChI=1S/C8H11N3/c1-4-11-8(6-9-3)5-7(2)10-11/h4-6H,1H2,2-3H3. The number of rotatable bonds is 2. The van der Waals surface area contributed by atoms with Crippen LogP contribution in [0.3, 0.4) is 0 Å². The van der Waals surface area contributed by atoms with E-state index < -0.39 is 0 Å². The lowest BCUT2D eigenvalue weighted by molar-refractivity contribution is 0.907. The third-order valence-electron chi connectivity index (χ3n) is 1.32. The topological polar surface area (TPSA) is 30.2 Å². The lowest BCUT2D eigenvalue weighted by atomic mass is 10.4. The van der Waals surface area contributed by atoms with Crippen LogP contribution in [0.25, 0.3) is 6.20 Å². The van der Waals surface area contributed by atoms with Crippen LogP contribution in [-0.4, -0.2) is 23.0 Å². The van der Waals surface area contributed by atoms with Crippen molar-refractivity contribution in [2.75, 3.05) is 7.05 Å². The molecule has 0 bridgehead atoms. The number of nitrogens with zero attached hydrogens (tertiary/aromatic N) is 3. The molecule has 0 unspecified atom stereocenters. The van der Waals surface area contributed by atoms with Crippen molar-refractivity contribution in [3.8, 4) is 0 Å². The summed E-state index contributed by atoms with van der Waals surface area (Å²) in [5.41, 5.74) is 1.93. The molecular weight excluding hydrogens is 138 g/mol. The van der Waals surface area contributed by atoms with Gasteiger partial charge in [-0.05, 0) is 13.0 Å². The normalized spacial score (nSPS) is 10.7. The predicted octanol–water partition coefficient (Wildman–Crippen LogP) is 1.34. The average Bonchev–Trinajstić information content (AvgIpc) is 2.32. The van der Waals surface area contributed by atoms with Crippen LogP contribution >= 0.6 is 0 Å². The van der Waals surface area contributed by atoms with Crippen molar-refractivity contribution in [2.24, 2.45) is 4.99 Å². The molecule has 1 rings (SSSR count). The smallest absolute Gasteiger partial charge is 0.0842 e. The summed E-state index contributed by atoms with van der Waals surface area (Å²) in [7, 11) is 1.73. The molecule has 0 aliphatic heterocycles. The van der Waals surface area contributed by atoms with Gasteiger partial charge < -0.3 is 0 Å². The van der Waals surface area contributed by atoms with E-state index >= 15 is 0 Å². The molecule has 0 aromatic carbocycles. The molecule has 1 aromatic heterocycles. The van der Waals surface area contributed by atoms with Crippen molar-refractivity contribution in [1.82, 2.24) is 9.78 Å². The van der Waals surface area contributed by atoms with Crippen molar-refractivity contribution < 1.29 is 0 Å². The van der Waals surface area contributed by atoms with E-state index in [-0.39, 0.29) is 0 Å². The Morgan fingerprint density at radius 1 is 1.73 bits per heavy atom. The highest BCUT2D eigenvalue weighted by Gasteiger charge is 1.97. The van der Waals surface area contributed by atoms with Gasteiger partial charge in [-0.2, -0.15) is 5.10 Å². The van der Waals surface area contributed by atoms with Gasteiger partial charge in [0.1, 0.15) is 0 Å². The fourth-order valence-electron chi connectivity index (χ4n) is 0.912. The molecule has 3 nitrogen and oxygen atoms in total. The van der Waals surface area contributed by atoms with Crippen molar-refractivity contribution in [2.45, 2.75) is 6.92 Å². The van der Waals surface area contributed by atoms with Crippen LogP contribution < -0.4 is 0 Å². The van der Waals surface area contributed by atoms with Gasteiger partial charge in [0.2, 0.25) is 0 Å². The molecule has 0 amide bonds. The Morgan fingerprint density at radius 2 is 2.45 bits per heavy atom. The molecule has 3 heteroatoms. The van der Waals surface area contributed by atoms with Crippen LogP contribution in [-0.2, 0) is 0 Å². The van der Waals surface area contributed by atoms with E-state index in [1.165, 1.54) is 0 Å². The molecule has 0 radical (unpaired) electrons. The summed E-state index contributed by atoms with van der Waals surface area (Å²) in [6, 6.07) is 1.95. The number of aryl methyl sites for hydroxylation is 1. The van der Waals surface area contributed by atoms with E-state index in [4.69, 9.17) is 0 Å². The molecule has 0 spiro atoms. The Bertz CT molecular complexity index is 284. The van der Waals surface area contributed by atoms with Crippen LogP contribution in [0, 0.1) is 6.92 Å². The third-order valence-corrected chi connectivity index (χ3v) is 1.32. The van der Waals surface area contributed by atoms with Crippen LogP contribution in [0.1, 0.15) is 11.4 Å². The highest BCUT2D eigenvalue weighted by Crippen LogP contribution is 2.00. The van der Waals surface area contributed by atoms with Gasteiger partial charge in [0.05, 0.1) is 11.4 Å². The van der Waals surface area contributed by atoms with E-state index in [0.29, 0.717) is 0 Å². The molecule has 0 atom stereocenters. The van der Waals surface area contributed by atoms with Gasteiger partial charge in [-0.1, -0.05) is 6.58 Å². The number of aliphatic imine (C=N–C) groups is 1. The van der Waals surface area contributed by atoms with Gasteiger partial charge in [0.25, 0.3) is 0 Å². The zero-order chi connectivity index (χ0) is 8.27. The maximum absolute atomic E-state index is 4.16. The summed E-state index contributed by atoms with van der Waals surface area (Å²) in [6.07, 6.45) is 3.41. The second-order valence-electron chi connectivity index (χ2n) is 2.23. The minimum atomic E-state index is 0.958. The monoisotopic (exact) mass is 149 g/mol. The van der Waals surface area contributed by atoms with Crippen molar-refractivity contribution in [1.29, 1.82) is 0 Å². The molecule has 58 valence electrons. The number of hydrogen-bond donors (Lipinski definition) is 0. The molecule has 0 aliphatic carbocycles. The van der Waals surface area contributed by atoms with Gasteiger partial charge in [0.15, 0.2) is 0 Å². The predicted molar refractivity (Wildman–Crippen MR) is 46.9 cm³/mol. The van der Waals surface area contributed by atoms with Crippen molar-refractivity contribution in [3.05, 3.63) is 24.0 Å². The maximum Gasteiger partial charge on any atom is 0.0842 e. The quantitative estimate of drug-likeness (QED) is 0.583. The first-order valence-electron chi connectivity index (χ1n) is 3.39. The van der Waals surface area contributed by atoms with Gasteiger partial charge in [-0.15, -0.1) is 0 Å². The van der Waals surface area contributed by atoms with Crippen LogP contribution in [0.5, 0.6) is 0 Å². The first kappa shape index (κ1) is 7.72. The highest BCUT2D eigenvalue weighted by atomic mass is 15.3. The molecule has 1 aromatic rings. The SMILES string of the molecule is C=Cn1nc(C)cc1C=NC. The fraction of sp³-hybridized carbons (Fsp3) is 0.250. The van der Waals surface area contributed by atoms with E-state index in [1.54, 1.807) is 24.1 Å². The van der Waals surface area contributed by atoms with E-state index in [2.05, 4.69) is 16.7 Å². The van der Waals surface area contributed by atoms with Crippen LogP contribution in [0.15, 0.2) is 17.6 Å². The second kappa shape index (κ2) is 3.14. The lowest BCUT2D eigenvalue weighted by Gasteiger charge is -1.91.